The van der Waals surface area contributed by atoms with Crippen molar-refractivity contribution < 1.29 is 14.2 Å². The van der Waals surface area contributed by atoms with Gasteiger partial charge in [-0.3, -0.25) is 4.99 Å². The van der Waals surface area contributed by atoms with Crippen LogP contribution in [0.2, 0.25) is 0 Å². The highest BCUT2D eigenvalue weighted by Gasteiger charge is 2.15. The van der Waals surface area contributed by atoms with Gasteiger partial charge in [-0.2, -0.15) is 0 Å². The minimum atomic E-state index is 0. The molecule has 1 aromatic rings. The highest BCUT2D eigenvalue weighted by atomic mass is 127. The molecule has 142 valence electrons. The standard InChI is InChI=1S/C18H29N3O3.HI/c1-19-18(20-9-5-11-24-17-8-12-22-15-17)21-10-13-23-14-16-6-3-2-4-7-16;/h2-4,6-7,17H,5,8-15H2,1H3,(H2,19,20,21);1H. The van der Waals surface area contributed by atoms with Crippen LogP contribution >= 0.6 is 24.0 Å². The zero-order valence-corrected chi connectivity index (χ0v) is 17.2. The molecule has 0 radical (unpaired) electrons. The SMILES string of the molecule is CN=C(NCCCOC1CCOC1)NCCOCc1ccccc1.I. The van der Waals surface area contributed by atoms with E-state index in [1.807, 2.05) is 18.2 Å². The minimum absolute atomic E-state index is 0. The molecule has 25 heavy (non-hydrogen) atoms. The summed E-state index contributed by atoms with van der Waals surface area (Å²) in [4.78, 5) is 4.20. The Morgan fingerprint density at radius 2 is 2.00 bits per heavy atom. The molecule has 7 heteroatoms. The number of hydrogen-bond acceptors (Lipinski definition) is 4. The third kappa shape index (κ3) is 9.98. The number of hydrogen-bond donors (Lipinski definition) is 2. The number of nitrogens with zero attached hydrogens (tertiary/aromatic N) is 1. The van der Waals surface area contributed by atoms with Crippen LogP contribution in [0.15, 0.2) is 35.3 Å². The fraction of sp³-hybridized carbons (Fsp3) is 0.611. The van der Waals surface area contributed by atoms with Crippen molar-refractivity contribution in [3.05, 3.63) is 35.9 Å². The molecule has 1 aliphatic heterocycles. The van der Waals surface area contributed by atoms with Gasteiger partial charge in [0.2, 0.25) is 0 Å². The molecule has 1 unspecified atom stereocenters. The monoisotopic (exact) mass is 463 g/mol. The molecule has 0 amide bonds. The van der Waals surface area contributed by atoms with Crippen molar-refractivity contribution in [3.8, 4) is 0 Å². The summed E-state index contributed by atoms with van der Waals surface area (Å²) in [6, 6.07) is 10.2. The average Bonchev–Trinajstić information content (AvgIpc) is 3.14. The van der Waals surface area contributed by atoms with E-state index >= 15 is 0 Å². The van der Waals surface area contributed by atoms with Crippen LogP contribution < -0.4 is 10.6 Å². The van der Waals surface area contributed by atoms with Crippen molar-refractivity contribution in [2.24, 2.45) is 4.99 Å². The zero-order chi connectivity index (χ0) is 16.9. The Hall–Kier alpha value is -0.900. The van der Waals surface area contributed by atoms with Crippen LogP contribution in [0.25, 0.3) is 0 Å². The first kappa shape index (κ1) is 22.1. The lowest BCUT2D eigenvalue weighted by molar-refractivity contribution is 0.0420. The number of benzene rings is 1. The summed E-state index contributed by atoms with van der Waals surface area (Å²) in [5.41, 5.74) is 1.19. The van der Waals surface area contributed by atoms with Gasteiger partial charge in [0.05, 0.1) is 25.9 Å². The van der Waals surface area contributed by atoms with E-state index in [2.05, 4.69) is 27.8 Å². The maximum absolute atomic E-state index is 5.73. The first-order chi connectivity index (χ1) is 11.9. The van der Waals surface area contributed by atoms with Gasteiger partial charge in [0.15, 0.2) is 5.96 Å². The van der Waals surface area contributed by atoms with Gasteiger partial charge >= 0.3 is 0 Å². The largest absolute Gasteiger partial charge is 0.379 e. The van der Waals surface area contributed by atoms with Gasteiger partial charge in [-0.15, -0.1) is 24.0 Å². The first-order valence-corrected chi connectivity index (χ1v) is 8.64. The molecule has 1 saturated heterocycles. The fourth-order valence-electron chi connectivity index (χ4n) is 2.40. The van der Waals surface area contributed by atoms with E-state index in [4.69, 9.17) is 14.2 Å². The van der Waals surface area contributed by atoms with Crippen LogP contribution in [0.4, 0.5) is 0 Å². The highest BCUT2D eigenvalue weighted by Crippen LogP contribution is 2.07. The Labute approximate surface area is 167 Å². The van der Waals surface area contributed by atoms with E-state index in [0.29, 0.717) is 13.2 Å². The fourth-order valence-corrected chi connectivity index (χ4v) is 2.40. The van der Waals surface area contributed by atoms with E-state index in [9.17, 15) is 0 Å². The average molecular weight is 463 g/mol. The van der Waals surface area contributed by atoms with Crippen LogP contribution in [0.5, 0.6) is 0 Å². The molecule has 1 fully saturated rings. The van der Waals surface area contributed by atoms with E-state index in [1.165, 1.54) is 5.56 Å². The van der Waals surface area contributed by atoms with Gasteiger partial charge in [0.1, 0.15) is 0 Å². The molecule has 1 aromatic carbocycles. The molecule has 0 aliphatic carbocycles. The maximum Gasteiger partial charge on any atom is 0.191 e. The van der Waals surface area contributed by atoms with E-state index in [0.717, 1.165) is 51.7 Å². The summed E-state index contributed by atoms with van der Waals surface area (Å²) in [6.07, 6.45) is 2.24. The summed E-state index contributed by atoms with van der Waals surface area (Å²) >= 11 is 0. The second kappa shape index (κ2) is 14.3. The third-order valence-electron chi connectivity index (χ3n) is 3.73. The number of halogens is 1. The number of ether oxygens (including phenoxy) is 3. The summed E-state index contributed by atoms with van der Waals surface area (Å²) in [7, 11) is 1.77. The second-order valence-corrected chi connectivity index (χ2v) is 5.67. The molecular formula is C18H30IN3O3. The Kier molecular flexibility index (Phi) is 12.7. The molecule has 6 nitrogen and oxygen atoms in total. The van der Waals surface area contributed by atoms with Gasteiger partial charge in [0, 0.05) is 33.4 Å². The van der Waals surface area contributed by atoms with Gasteiger partial charge in [-0.05, 0) is 18.4 Å². The van der Waals surface area contributed by atoms with Crippen molar-refractivity contribution in [2.45, 2.75) is 25.6 Å². The number of rotatable bonds is 10. The Morgan fingerprint density at radius 3 is 2.72 bits per heavy atom. The quantitative estimate of drug-likeness (QED) is 0.241. The second-order valence-electron chi connectivity index (χ2n) is 5.67. The Balaban J connectivity index is 0.00000312. The lowest BCUT2D eigenvalue weighted by Crippen LogP contribution is -2.39. The normalized spacial score (nSPS) is 17.2. The highest BCUT2D eigenvalue weighted by molar-refractivity contribution is 14.0. The molecular weight excluding hydrogens is 433 g/mol. The van der Waals surface area contributed by atoms with E-state index in [1.54, 1.807) is 7.05 Å². The molecule has 1 heterocycles. The first-order valence-electron chi connectivity index (χ1n) is 8.64. The predicted molar refractivity (Wildman–Crippen MR) is 111 cm³/mol. The molecule has 2 rings (SSSR count). The molecule has 1 atom stereocenters. The summed E-state index contributed by atoms with van der Waals surface area (Å²) in [6.45, 7) is 5.14. The van der Waals surface area contributed by atoms with E-state index < -0.39 is 0 Å². The lowest BCUT2D eigenvalue weighted by Gasteiger charge is -2.13. The predicted octanol–water partition coefficient (Wildman–Crippen LogP) is 2.18. The molecule has 1 aliphatic rings. The molecule has 2 N–H and O–H groups in total. The maximum atomic E-state index is 5.73. The molecule has 0 spiro atoms. The summed E-state index contributed by atoms with van der Waals surface area (Å²) in [5.74, 6) is 0.794. The minimum Gasteiger partial charge on any atom is -0.379 e. The molecule has 0 saturated carbocycles. The van der Waals surface area contributed by atoms with E-state index in [-0.39, 0.29) is 30.1 Å². The van der Waals surface area contributed by atoms with Gasteiger partial charge in [0.25, 0.3) is 0 Å². The molecule has 0 bridgehead atoms. The number of aliphatic imine (C=N–C) groups is 1. The van der Waals surface area contributed by atoms with Crippen molar-refractivity contribution in [1.29, 1.82) is 0 Å². The van der Waals surface area contributed by atoms with Crippen molar-refractivity contribution >= 4 is 29.9 Å². The summed E-state index contributed by atoms with van der Waals surface area (Å²) < 4.78 is 16.6. The van der Waals surface area contributed by atoms with Crippen LogP contribution in [0.3, 0.4) is 0 Å². The number of guanidine groups is 1. The van der Waals surface area contributed by atoms with Crippen LogP contribution in [-0.4, -0.2) is 58.6 Å². The smallest absolute Gasteiger partial charge is 0.191 e. The Bertz CT molecular complexity index is 468. The van der Waals surface area contributed by atoms with Crippen molar-refractivity contribution in [1.82, 2.24) is 10.6 Å². The topological polar surface area (TPSA) is 64.1 Å². The van der Waals surface area contributed by atoms with Crippen LogP contribution in [-0.2, 0) is 20.8 Å². The lowest BCUT2D eigenvalue weighted by atomic mass is 10.2. The zero-order valence-electron chi connectivity index (χ0n) is 14.9. The number of nitrogens with one attached hydrogen (secondary N) is 2. The third-order valence-corrected chi connectivity index (χ3v) is 3.73. The van der Waals surface area contributed by atoms with Gasteiger partial charge in [-0.25, -0.2) is 0 Å². The van der Waals surface area contributed by atoms with Crippen molar-refractivity contribution in [2.75, 3.05) is 46.6 Å². The summed E-state index contributed by atoms with van der Waals surface area (Å²) in [5, 5.41) is 6.52. The Morgan fingerprint density at radius 1 is 1.20 bits per heavy atom. The van der Waals surface area contributed by atoms with Crippen molar-refractivity contribution in [3.63, 3.8) is 0 Å². The van der Waals surface area contributed by atoms with Gasteiger partial charge in [-0.1, -0.05) is 30.3 Å². The van der Waals surface area contributed by atoms with Gasteiger partial charge < -0.3 is 24.8 Å². The van der Waals surface area contributed by atoms with Crippen LogP contribution in [0, 0.1) is 0 Å². The van der Waals surface area contributed by atoms with Crippen LogP contribution in [0.1, 0.15) is 18.4 Å². The molecule has 0 aromatic heterocycles.